The van der Waals surface area contributed by atoms with Crippen molar-refractivity contribution < 1.29 is 9.69 Å². The quantitative estimate of drug-likeness (QED) is 0.865. The van der Waals surface area contributed by atoms with Gasteiger partial charge < -0.3 is 15.1 Å². The van der Waals surface area contributed by atoms with Gasteiger partial charge in [0.15, 0.2) is 6.04 Å². The molecule has 1 saturated heterocycles. The maximum absolute atomic E-state index is 12.6. The van der Waals surface area contributed by atoms with Crippen molar-refractivity contribution in [3.05, 3.63) is 58.6 Å². The Labute approximate surface area is 160 Å². The summed E-state index contributed by atoms with van der Waals surface area (Å²) in [5.41, 5.74) is 4.67. The van der Waals surface area contributed by atoms with Gasteiger partial charge in [-0.3, -0.25) is 4.79 Å². The summed E-state index contributed by atoms with van der Waals surface area (Å²) in [6, 6.07) is 13.7. The second-order valence-electron chi connectivity index (χ2n) is 7.06. The molecule has 138 valence electrons. The molecule has 0 aromatic heterocycles. The van der Waals surface area contributed by atoms with Gasteiger partial charge in [0, 0.05) is 5.69 Å². The highest BCUT2D eigenvalue weighted by Gasteiger charge is 2.30. The summed E-state index contributed by atoms with van der Waals surface area (Å²) in [4.78, 5) is 16.4. The number of quaternary nitrogens is 1. The van der Waals surface area contributed by atoms with Crippen LogP contribution in [0.5, 0.6) is 0 Å². The summed E-state index contributed by atoms with van der Waals surface area (Å²) >= 11 is 6.15. The van der Waals surface area contributed by atoms with E-state index in [1.165, 1.54) is 21.7 Å². The highest BCUT2D eigenvalue weighted by atomic mass is 35.5. The van der Waals surface area contributed by atoms with Crippen molar-refractivity contribution in [1.82, 2.24) is 0 Å². The molecule has 0 bridgehead atoms. The van der Waals surface area contributed by atoms with Crippen LogP contribution in [0.25, 0.3) is 0 Å². The molecule has 1 fully saturated rings. The first-order valence-electron chi connectivity index (χ1n) is 9.18. The number of nitrogens with zero attached hydrogens (tertiary/aromatic N) is 1. The van der Waals surface area contributed by atoms with E-state index in [0.717, 1.165) is 26.2 Å². The van der Waals surface area contributed by atoms with Gasteiger partial charge in [-0.2, -0.15) is 0 Å². The van der Waals surface area contributed by atoms with E-state index in [4.69, 9.17) is 11.6 Å². The third kappa shape index (κ3) is 4.02. The molecule has 1 amide bonds. The van der Waals surface area contributed by atoms with Crippen LogP contribution in [0.3, 0.4) is 0 Å². The number of aryl methyl sites for hydroxylation is 1. The lowest BCUT2D eigenvalue weighted by Crippen LogP contribution is -3.19. The normalized spacial score (nSPS) is 16.4. The van der Waals surface area contributed by atoms with E-state index >= 15 is 0 Å². The van der Waals surface area contributed by atoms with Crippen molar-refractivity contribution in [1.29, 1.82) is 0 Å². The molecule has 5 heteroatoms. The standard InChI is InChI=1S/C21H26ClN3O/c1-15-7-6-10-20(16(15)2)25-13-11-24(12-14-25)17(3)21(26)23-19-9-5-4-8-18(19)22/h4-10,17H,11-14H2,1-3H3,(H,23,26)/p+1/t17-/m1/s1. The molecule has 1 heterocycles. The molecule has 2 aromatic rings. The van der Waals surface area contributed by atoms with Crippen LogP contribution in [0.4, 0.5) is 11.4 Å². The second kappa shape index (κ2) is 8.11. The highest BCUT2D eigenvalue weighted by Crippen LogP contribution is 2.23. The largest absolute Gasteiger partial charge is 0.360 e. The van der Waals surface area contributed by atoms with E-state index in [1.807, 2.05) is 25.1 Å². The van der Waals surface area contributed by atoms with Crippen molar-refractivity contribution in [2.75, 3.05) is 36.4 Å². The minimum Gasteiger partial charge on any atom is -0.360 e. The zero-order chi connectivity index (χ0) is 18.7. The smallest absolute Gasteiger partial charge is 0.282 e. The van der Waals surface area contributed by atoms with E-state index in [2.05, 4.69) is 42.3 Å². The fourth-order valence-electron chi connectivity index (χ4n) is 3.53. The van der Waals surface area contributed by atoms with E-state index in [0.29, 0.717) is 10.7 Å². The minimum absolute atomic E-state index is 0.0216. The molecule has 0 spiro atoms. The molecule has 0 saturated carbocycles. The van der Waals surface area contributed by atoms with E-state index in [1.54, 1.807) is 6.07 Å². The van der Waals surface area contributed by atoms with Gasteiger partial charge in [-0.1, -0.05) is 35.9 Å². The number of carbonyl (C=O) groups is 1. The second-order valence-corrected chi connectivity index (χ2v) is 7.46. The minimum atomic E-state index is -0.105. The predicted molar refractivity (Wildman–Crippen MR) is 108 cm³/mol. The summed E-state index contributed by atoms with van der Waals surface area (Å²) in [5, 5.41) is 3.53. The Bertz CT molecular complexity index is 785. The number of hydrogen-bond donors (Lipinski definition) is 2. The predicted octanol–water partition coefficient (Wildman–Crippen LogP) is 2.69. The van der Waals surface area contributed by atoms with Gasteiger partial charge in [0.2, 0.25) is 0 Å². The zero-order valence-corrected chi connectivity index (χ0v) is 16.4. The van der Waals surface area contributed by atoms with Crippen molar-refractivity contribution in [3.63, 3.8) is 0 Å². The lowest BCUT2D eigenvalue weighted by molar-refractivity contribution is -0.914. The monoisotopic (exact) mass is 372 g/mol. The summed E-state index contributed by atoms with van der Waals surface area (Å²) in [6.45, 7) is 10.2. The van der Waals surface area contributed by atoms with Crippen molar-refractivity contribution in [3.8, 4) is 0 Å². The lowest BCUT2D eigenvalue weighted by atomic mass is 10.1. The highest BCUT2D eigenvalue weighted by molar-refractivity contribution is 6.33. The van der Waals surface area contributed by atoms with Crippen LogP contribution in [-0.2, 0) is 4.79 Å². The average molecular weight is 373 g/mol. The first-order chi connectivity index (χ1) is 12.5. The van der Waals surface area contributed by atoms with Gasteiger partial charge in [-0.15, -0.1) is 0 Å². The molecule has 26 heavy (non-hydrogen) atoms. The Kier molecular flexibility index (Phi) is 5.84. The number of carbonyl (C=O) groups excluding carboxylic acids is 1. The van der Waals surface area contributed by atoms with Crippen LogP contribution in [0.2, 0.25) is 5.02 Å². The number of anilines is 2. The molecule has 1 aliphatic rings. The number of amides is 1. The Morgan fingerprint density at radius 1 is 1.12 bits per heavy atom. The molecule has 2 N–H and O–H groups in total. The first-order valence-corrected chi connectivity index (χ1v) is 9.56. The summed E-state index contributed by atoms with van der Waals surface area (Å²) in [6.07, 6.45) is 0. The zero-order valence-electron chi connectivity index (χ0n) is 15.7. The van der Waals surface area contributed by atoms with Crippen LogP contribution >= 0.6 is 11.6 Å². The van der Waals surface area contributed by atoms with Gasteiger partial charge in [0.25, 0.3) is 5.91 Å². The lowest BCUT2D eigenvalue weighted by Gasteiger charge is -2.36. The average Bonchev–Trinajstić information content (AvgIpc) is 2.65. The molecule has 3 rings (SSSR count). The molecule has 0 aliphatic carbocycles. The summed E-state index contributed by atoms with van der Waals surface area (Å²) < 4.78 is 0. The van der Waals surface area contributed by atoms with Crippen LogP contribution in [-0.4, -0.2) is 38.1 Å². The Morgan fingerprint density at radius 2 is 1.81 bits per heavy atom. The topological polar surface area (TPSA) is 36.8 Å². The number of nitrogens with one attached hydrogen (secondary N) is 2. The van der Waals surface area contributed by atoms with Gasteiger partial charge in [-0.05, 0) is 50.1 Å². The van der Waals surface area contributed by atoms with Gasteiger partial charge in [0.05, 0.1) is 36.9 Å². The maximum atomic E-state index is 12.6. The summed E-state index contributed by atoms with van der Waals surface area (Å²) in [5.74, 6) is 0.0216. The number of halogens is 1. The number of hydrogen-bond acceptors (Lipinski definition) is 2. The Hall–Kier alpha value is -2.04. The van der Waals surface area contributed by atoms with E-state index < -0.39 is 0 Å². The molecule has 2 aromatic carbocycles. The number of piperazine rings is 1. The SMILES string of the molecule is Cc1cccc(N2CC[NH+]([C@H](C)C(=O)Nc3ccccc3Cl)CC2)c1C. The van der Waals surface area contributed by atoms with Crippen molar-refractivity contribution in [2.24, 2.45) is 0 Å². The third-order valence-corrected chi connectivity index (χ3v) is 5.79. The van der Waals surface area contributed by atoms with Gasteiger partial charge >= 0.3 is 0 Å². The van der Waals surface area contributed by atoms with Gasteiger partial charge in [-0.25, -0.2) is 0 Å². The number of benzene rings is 2. The number of para-hydroxylation sites is 1. The fraction of sp³-hybridized carbons (Fsp3) is 0.381. The Morgan fingerprint density at radius 3 is 2.50 bits per heavy atom. The van der Waals surface area contributed by atoms with Crippen molar-refractivity contribution in [2.45, 2.75) is 26.8 Å². The first kappa shape index (κ1) is 18.7. The fourth-order valence-corrected chi connectivity index (χ4v) is 3.72. The summed E-state index contributed by atoms with van der Waals surface area (Å²) in [7, 11) is 0. The van der Waals surface area contributed by atoms with Crippen LogP contribution in [0.15, 0.2) is 42.5 Å². The van der Waals surface area contributed by atoms with Crippen molar-refractivity contribution >= 4 is 28.9 Å². The van der Waals surface area contributed by atoms with Crippen LogP contribution in [0.1, 0.15) is 18.1 Å². The molecule has 0 radical (unpaired) electrons. The molecular formula is C21H27ClN3O+. The van der Waals surface area contributed by atoms with Gasteiger partial charge in [0.1, 0.15) is 0 Å². The maximum Gasteiger partial charge on any atom is 0.282 e. The van der Waals surface area contributed by atoms with E-state index in [9.17, 15) is 4.79 Å². The third-order valence-electron chi connectivity index (χ3n) is 5.46. The molecule has 1 atom stereocenters. The van der Waals surface area contributed by atoms with E-state index in [-0.39, 0.29) is 11.9 Å². The molecule has 4 nitrogen and oxygen atoms in total. The Balaban J connectivity index is 1.59. The molecule has 1 aliphatic heterocycles. The number of rotatable bonds is 4. The molecule has 0 unspecified atom stereocenters. The van der Waals surface area contributed by atoms with Crippen LogP contribution < -0.4 is 15.1 Å². The van der Waals surface area contributed by atoms with Crippen LogP contribution in [0, 0.1) is 13.8 Å². The molecular weight excluding hydrogens is 346 g/mol.